The molecule has 0 spiro atoms. The van der Waals surface area contributed by atoms with E-state index in [1.54, 1.807) is 12.1 Å². The van der Waals surface area contributed by atoms with Crippen molar-refractivity contribution in [3.8, 4) is 36.4 Å². The lowest BCUT2D eigenvalue weighted by Gasteiger charge is -2.36. The van der Waals surface area contributed by atoms with Crippen LogP contribution in [0.4, 0.5) is 26.3 Å². The number of rotatable bonds is 2. The van der Waals surface area contributed by atoms with Crippen LogP contribution in [0.15, 0.2) is 116 Å². The lowest BCUT2D eigenvalue weighted by atomic mass is 9.67. The van der Waals surface area contributed by atoms with Gasteiger partial charge in [0.2, 0.25) is 0 Å². The fourth-order valence-corrected chi connectivity index (χ4v) is 6.38. The Morgan fingerprint density at radius 2 is 0.978 bits per heavy atom. The third kappa shape index (κ3) is 4.46. The molecule has 12 heteroatoms. The zero-order chi connectivity index (χ0) is 33.6. The minimum absolute atomic E-state index is 0.0267. The summed E-state index contributed by atoms with van der Waals surface area (Å²) in [6.45, 7) is 0. The molecule has 3 aliphatic carbocycles. The number of hydrogen-bond acceptors (Lipinski definition) is 6. The summed E-state index contributed by atoms with van der Waals surface area (Å²) in [5, 5.41) is 60.1. The Hall–Kier alpha value is -6.60. The highest BCUT2D eigenvalue weighted by atomic mass is 19.4. The number of alkyl halides is 6. The topological polar surface area (TPSA) is 143 Å². The molecule has 2 aromatic carbocycles. The fourth-order valence-electron chi connectivity index (χ4n) is 6.38. The third-order valence-corrected chi connectivity index (χ3v) is 7.84. The number of allylic oxidation sites excluding steroid dienone is 12. The van der Waals surface area contributed by atoms with Gasteiger partial charge in [-0.15, -0.1) is 0 Å². The van der Waals surface area contributed by atoms with Crippen molar-refractivity contribution in [3.63, 3.8) is 0 Å². The van der Waals surface area contributed by atoms with Crippen LogP contribution < -0.4 is 0 Å². The summed E-state index contributed by atoms with van der Waals surface area (Å²) in [4.78, 5) is 0. The molecule has 2 atom stereocenters. The molecular weight excluding hydrogens is 606 g/mol. The highest BCUT2D eigenvalue weighted by Crippen LogP contribution is 2.66. The number of fused-ring (bicyclic) bond motifs is 2. The van der Waals surface area contributed by atoms with Crippen LogP contribution in [0.1, 0.15) is 11.1 Å². The van der Waals surface area contributed by atoms with E-state index in [1.165, 1.54) is 84.9 Å². The predicted octanol–water partition coefficient (Wildman–Crippen LogP) is 7.62. The predicted molar refractivity (Wildman–Crippen MR) is 148 cm³/mol. The molecule has 2 aromatic rings. The Kier molecular flexibility index (Phi) is 7.48. The van der Waals surface area contributed by atoms with E-state index >= 15 is 26.3 Å². The second kappa shape index (κ2) is 11.2. The highest BCUT2D eigenvalue weighted by molar-refractivity contribution is 6.03. The minimum Gasteiger partial charge on any atom is -0.193 e. The van der Waals surface area contributed by atoms with Gasteiger partial charge in [0.25, 0.3) is 0 Å². The lowest BCUT2D eigenvalue weighted by Crippen LogP contribution is -2.36. The standard InChI is InChI=1S/C34H12F6N6/c35-33(36,37)31-27-21(15-45)23(17-7-3-1-4-8-17)25(19(11-41)12-42)29(27)32(34(38,39)40)28-22(16-46)24(18-9-5-2-6-10-18)26(30(28)31)20(13-43)14-44/h1-10,27,29H. The average molecular weight is 618 g/mol. The first-order chi connectivity index (χ1) is 21.9. The van der Waals surface area contributed by atoms with Crippen molar-refractivity contribution in [1.82, 2.24) is 0 Å². The molecular formula is C34H12F6N6. The van der Waals surface area contributed by atoms with Gasteiger partial charge in [-0.25, -0.2) is 0 Å². The zero-order valence-corrected chi connectivity index (χ0v) is 22.9. The largest absolute Gasteiger partial charge is 0.413 e. The average Bonchev–Trinajstić information content (AvgIpc) is 3.54. The van der Waals surface area contributed by atoms with Crippen molar-refractivity contribution in [2.45, 2.75) is 12.4 Å². The van der Waals surface area contributed by atoms with Gasteiger partial charge in [0.15, 0.2) is 0 Å². The van der Waals surface area contributed by atoms with Crippen molar-refractivity contribution in [2.24, 2.45) is 11.8 Å². The summed E-state index contributed by atoms with van der Waals surface area (Å²) >= 11 is 0. The Balaban J connectivity index is 2.15. The van der Waals surface area contributed by atoms with Crippen LogP contribution in [0.25, 0.3) is 11.1 Å². The Morgan fingerprint density at radius 3 is 1.39 bits per heavy atom. The molecule has 0 aromatic heterocycles. The SMILES string of the molecule is N#CC(C#N)=C1C2=C(C(F)(F)F)C3C(C#N)=C(c4ccccc4)C(=C(C#N)C#N)C3C(C(F)(F)F)=C2C(C#N)=C1c1ccccc1. The Bertz CT molecular complexity index is 2140. The maximum absolute atomic E-state index is 15.4. The van der Waals surface area contributed by atoms with E-state index in [2.05, 4.69) is 0 Å². The normalized spacial score (nSPS) is 19.0. The molecule has 46 heavy (non-hydrogen) atoms. The molecule has 6 nitrogen and oxygen atoms in total. The van der Waals surface area contributed by atoms with Gasteiger partial charge in [-0.3, -0.25) is 0 Å². The van der Waals surface area contributed by atoms with Crippen LogP contribution >= 0.6 is 0 Å². The zero-order valence-electron chi connectivity index (χ0n) is 22.9. The quantitative estimate of drug-likeness (QED) is 0.250. The summed E-state index contributed by atoms with van der Waals surface area (Å²) in [7, 11) is 0. The molecule has 2 unspecified atom stereocenters. The summed E-state index contributed by atoms with van der Waals surface area (Å²) < 4.78 is 92.7. The van der Waals surface area contributed by atoms with E-state index in [0.717, 1.165) is 0 Å². The van der Waals surface area contributed by atoms with Gasteiger partial charge in [-0.2, -0.15) is 57.9 Å². The van der Waals surface area contributed by atoms with E-state index in [9.17, 15) is 31.6 Å². The first-order valence-electron chi connectivity index (χ1n) is 13.0. The van der Waals surface area contributed by atoms with Crippen molar-refractivity contribution >= 4 is 11.1 Å². The Labute approximate surface area is 257 Å². The number of halogens is 6. The summed E-state index contributed by atoms with van der Waals surface area (Å²) in [5.74, 6) is -4.94. The lowest BCUT2D eigenvalue weighted by molar-refractivity contribution is -0.111. The molecule has 0 saturated heterocycles. The molecule has 0 heterocycles. The van der Waals surface area contributed by atoms with Gasteiger partial charge in [0.05, 0.1) is 22.8 Å². The number of benzene rings is 2. The molecule has 220 valence electrons. The number of hydrogen-bond donors (Lipinski definition) is 0. The van der Waals surface area contributed by atoms with Crippen LogP contribution in [0.2, 0.25) is 0 Å². The van der Waals surface area contributed by atoms with Crippen molar-refractivity contribution in [1.29, 1.82) is 31.6 Å². The van der Waals surface area contributed by atoms with E-state index < -0.39 is 91.1 Å². The summed E-state index contributed by atoms with van der Waals surface area (Å²) in [5.41, 5.74) is -12.2. The van der Waals surface area contributed by atoms with Gasteiger partial charge in [0.1, 0.15) is 41.5 Å². The van der Waals surface area contributed by atoms with E-state index in [0.29, 0.717) is 0 Å². The third-order valence-electron chi connectivity index (χ3n) is 7.84. The smallest absolute Gasteiger partial charge is 0.193 e. The maximum atomic E-state index is 15.4. The summed E-state index contributed by atoms with van der Waals surface area (Å²) in [6.07, 6.45) is -11.0. The molecule has 0 fully saturated rings. The molecule has 0 radical (unpaired) electrons. The monoisotopic (exact) mass is 618 g/mol. The molecule has 3 aliphatic rings. The van der Waals surface area contributed by atoms with Gasteiger partial charge >= 0.3 is 12.4 Å². The number of nitrogens with zero attached hydrogens (tertiary/aromatic N) is 6. The van der Waals surface area contributed by atoms with Crippen molar-refractivity contribution in [2.75, 3.05) is 0 Å². The first-order valence-corrected chi connectivity index (χ1v) is 13.0. The fraction of sp³-hybridized carbons (Fsp3) is 0.118. The van der Waals surface area contributed by atoms with Crippen LogP contribution in [0.5, 0.6) is 0 Å². The van der Waals surface area contributed by atoms with Crippen LogP contribution in [0, 0.1) is 79.8 Å². The summed E-state index contributed by atoms with van der Waals surface area (Å²) in [6, 6.07) is 22.9. The van der Waals surface area contributed by atoms with Crippen LogP contribution in [0.3, 0.4) is 0 Å². The van der Waals surface area contributed by atoms with Crippen LogP contribution in [-0.2, 0) is 0 Å². The molecule has 0 bridgehead atoms. The first kappa shape index (κ1) is 30.8. The van der Waals surface area contributed by atoms with E-state index in [4.69, 9.17) is 0 Å². The molecule has 0 N–H and O–H groups in total. The van der Waals surface area contributed by atoms with Crippen LogP contribution in [-0.4, -0.2) is 12.4 Å². The molecule has 0 amide bonds. The maximum Gasteiger partial charge on any atom is 0.413 e. The Morgan fingerprint density at radius 1 is 0.522 bits per heavy atom. The van der Waals surface area contributed by atoms with Gasteiger partial charge in [0, 0.05) is 45.3 Å². The second-order valence-electron chi connectivity index (χ2n) is 10.0. The highest BCUT2D eigenvalue weighted by Gasteiger charge is 2.62. The minimum atomic E-state index is -5.51. The number of nitriles is 6. The van der Waals surface area contributed by atoms with Gasteiger partial charge in [-0.05, 0) is 16.7 Å². The van der Waals surface area contributed by atoms with Crippen molar-refractivity contribution in [3.05, 3.63) is 128 Å². The second-order valence-corrected chi connectivity index (χ2v) is 10.0. The molecule has 5 rings (SSSR count). The van der Waals surface area contributed by atoms with E-state index in [1.807, 2.05) is 0 Å². The van der Waals surface area contributed by atoms with Gasteiger partial charge < -0.3 is 0 Å². The van der Waals surface area contributed by atoms with Gasteiger partial charge in [-0.1, -0.05) is 60.7 Å². The van der Waals surface area contributed by atoms with E-state index in [-0.39, 0.29) is 11.1 Å². The molecule has 0 aliphatic heterocycles. The molecule has 0 saturated carbocycles. The van der Waals surface area contributed by atoms with Crippen molar-refractivity contribution < 1.29 is 26.3 Å².